The van der Waals surface area contributed by atoms with E-state index in [0.29, 0.717) is 12.4 Å². The Morgan fingerprint density at radius 3 is 2.94 bits per heavy atom. The molecule has 1 heterocycles. The van der Waals surface area contributed by atoms with Gasteiger partial charge in [-0.2, -0.15) is 0 Å². The van der Waals surface area contributed by atoms with Crippen LogP contribution in [0.2, 0.25) is 5.02 Å². The van der Waals surface area contributed by atoms with Crippen LogP contribution in [0.4, 0.5) is 4.39 Å². The Labute approximate surface area is 102 Å². The van der Waals surface area contributed by atoms with Crippen molar-refractivity contribution in [2.75, 3.05) is 0 Å². The lowest BCUT2D eigenvalue weighted by Crippen LogP contribution is -1.96. The molecule has 0 unspecified atom stereocenters. The number of aryl methyl sites for hydroxylation is 1. The highest BCUT2D eigenvalue weighted by atomic mass is 35.5. The standard InChI is InChI=1S/C11H9ClFNOS/c1-7-14-8(6-16-7)5-15-9-2-3-10(12)11(13)4-9/h2-4,6H,5H2,1H3. The maximum atomic E-state index is 13.1. The summed E-state index contributed by atoms with van der Waals surface area (Å²) in [7, 11) is 0. The number of hydrogen-bond donors (Lipinski definition) is 0. The van der Waals surface area contributed by atoms with E-state index in [9.17, 15) is 4.39 Å². The molecule has 1 aromatic heterocycles. The summed E-state index contributed by atoms with van der Waals surface area (Å²) in [4.78, 5) is 4.24. The van der Waals surface area contributed by atoms with Crippen molar-refractivity contribution in [3.8, 4) is 5.75 Å². The molecule has 0 fully saturated rings. The van der Waals surface area contributed by atoms with Gasteiger partial charge in [0.1, 0.15) is 18.2 Å². The largest absolute Gasteiger partial charge is 0.487 e. The third-order valence-electron chi connectivity index (χ3n) is 1.94. The zero-order valence-corrected chi connectivity index (χ0v) is 10.1. The number of aromatic nitrogens is 1. The summed E-state index contributed by atoms with van der Waals surface area (Å²) in [6, 6.07) is 4.37. The van der Waals surface area contributed by atoms with Crippen LogP contribution >= 0.6 is 22.9 Å². The summed E-state index contributed by atoms with van der Waals surface area (Å²) in [5.41, 5.74) is 0.845. The second kappa shape index (κ2) is 4.80. The fourth-order valence-electron chi connectivity index (χ4n) is 1.20. The van der Waals surface area contributed by atoms with Gasteiger partial charge in [0.2, 0.25) is 0 Å². The number of nitrogens with zero attached hydrogens (tertiary/aromatic N) is 1. The Morgan fingerprint density at radius 2 is 2.31 bits per heavy atom. The van der Waals surface area contributed by atoms with Crippen molar-refractivity contribution in [3.63, 3.8) is 0 Å². The zero-order valence-electron chi connectivity index (χ0n) is 8.54. The van der Waals surface area contributed by atoms with Gasteiger partial charge in [0, 0.05) is 11.4 Å². The van der Waals surface area contributed by atoms with Crippen molar-refractivity contribution in [1.82, 2.24) is 4.98 Å². The molecular weight excluding hydrogens is 249 g/mol. The third-order valence-corrected chi connectivity index (χ3v) is 3.07. The number of rotatable bonds is 3. The van der Waals surface area contributed by atoms with Gasteiger partial charge >= 0.3 is 0 Å². The lowest BCUT2D eigenvalue weighted by Gasteiger charge is -2.04. The number of hydrogen-bond acceptors (Lipinski definition) is 3. The molecule has 0 saturated carbocycles. The monoisotopic (exact) mass is 257 g/mol. The van der Waals surface area contributed by atoms with Gasteiger partial charge in [-0.25, -0.2) is 9.37 Å². The van der Waals surface area contributed by atoms with Gasteiger partial charge in [-0.15, -0.1) is 11.3 Å². The van der Waals surface area contributed by atoms with Crippen LogP contribution in [-0.2, 0) is 6.61 Å². The van der Waals surface area contributed by atoms with Crippen molar-refractivity contribution in [2.45, 2.75) is 13.5 Å². The fraction of sp³-hybridized carbons (Fsp3) is 0.182. The van der Waals surface area contributed by atoms with Crippen molar-refractivity contribution in [1.29, 1.82) is 0 Å². The molecule has 0 aliphatic carbocycles. The van der Waals surface area contributed by atoms with Gasteiger partial charge in [-0.3, -0.25) is 0 Å². The topological polar surface area (TPSA) is 22.1 Å². The Kier molecular flexibility index (Phi) is 3.41. The highest BCUT2D eigenvalue weighted by Crippen LogP contribution is 2.21. The molecule has 2 nitrogen and oxygen atoms in total. The van der Waals surface area contributed by atoms with Crippen LogP contribution in [0.25, 0.3) is 0 Å². The van der Waals surface area contributed by atoms with Crippen LogP contribution < -0.4 is 4.74 Å². The Morgan fingerprint density at radius 1 is 1.50 bits per heavy atom. The quantitative estimate of drug-likeness (QED) is 0.834. The van der Waals surface area contributed by atoms with Crippen LogP contribution in [0.1, 0.15) is 10.7 Å². The van der Waals surface area contributed by atoms with Crippen molar-refractivity contribution >= 4 is 22.9 Å². The molecule has 0 N–H and O–H groups in total. The molecular formula is C11H9ClFNOS. The van der Waals surface area contributed by atoms with Gasteiger partial charge in [0.05, 0.1) is 15.7 Å². The summed E-state index contributed by atoms with van der Waals surface area (Å²) >= 11 is 7.12. The molecule has 2 aromatic rings. The van der Waals surface area contributed by atoms with Crippen LogP contribution in [-0.4, -0.2) is 4.98 Å². The van der Waals surface area contributed by atoms with Gasteiger partial charge in [0.15, 0.2) is 0 Å². The molecule has 0 radical (unpaired) electrons. The molecule has 0 amide bonds. The average Bonchev–Trinajstić information content (AvgIpc) is 2.66. The van der Waals surface area contributed by atoms with E-state index in [1.165, 1.54) is 12.1 Å². The van der Waals surface area contributed by atoms with Crippen LogP contribution in [0.5, 0.6) is 5.75 Å². The van der Waals surface area contributed by atoms with E-state index in [4.69, 9.17) is 16.3 Å². The number of thiazole rings is 1. The molecule has 0 aliphatic rings. The number of benzene rings is 1. The van der Waals surface area contributed by atoms with E-state index in [-0.39, 0.29) is 5.02 Å². The maximum absolute atomic E-state index is 13.1. The molecule has 0 saturated heterocycles. The van der Waals surface area contributed by atoms with E-state index in [1.54, 1.807) is 17.4 Å². The summed E-state index contributed by atoms with van der Waals surface area (Å²) in [6.45, 7) is 2.27. The molecule has 0 atom stereocenters. The highest BCUT2D eigenvalue weighted by molar-refractivity contribution is 7.09. The van der Waals surface area contributed by atoms with Crippen LogP contribution in [0, 0.1) is 12.7 Å². The van der Waals surface area contributed by atoms with E-state index in [0.717, 1.165) is 10.7 Å². The Balaban J connectivity index is 2.02. The molecule has 5 heteroatoms. The Hall–Kier alpha value is -1.13. The first-order valence-corrected chi connectivity index (χ1v) is 5.90. The second-order valence-corrected chi connectivity index (χ2v) is 4.69. The first-order valence-electron chi connectivity index (χ1n) is 4.64. The number of halogens is 2. The molecule has 1 aromatic carbocycles. The first kappa shape index (κ1) is 11.4. The van der Waals surface area contributed by atoms with E-state index < -0.39 is 5.82 Å². The smallest absolute Gasteiger partial charge is 0.145 e. The minimum Gasteiger partial charge on any atom is -0.487 e. The van der Waals surface area contributed by atoms with Gasteiger partial charge < -0.3 is 4.74 Å². The normalized spacial score (nSPS) is 10.4. The predicted molar refractivity (Wildman–Crippen MR) is 62.6 cm³/mol. The average molecular weight is 258 g/mol. The second-order valence-electron chi connectivity index (χ2n) is 3.22. The number of ether oxygens (including phenoxy) is 1. The van der Waals surface area contributed by atoms with Crippen LogP contribution in [0.3, 0.4) is 0 Å². The molecule has 16 heavy (non-hydrogen) atoms. The lowest BCUT2D eigenvalue weighted by molar-refractivity contribution is 0.300. The summed E-state index contributed by atoms with van der Waals surface area (Å²) < 4.78 is 18.5. The summed E-state index contributed by atoms with van der Waals surface area (Å²) in [5, 5.41) is 3.00. The fourth-order valence-corrected chi connectivity index (χ4v) is 1.91. The minimum absolute atomic E-state index is 0.0943. The van der Waals surface area contributed by atoms with Crippen molar-refractivity contribution < 1.29 is 9.13 Å². The van der Waals surface area contributed by atoms with Crippen molar-refractivity contribution in [2.24, 2.45) is 0 Å². The molecule has 2 rings (SSSR count). The zero-order chi connectivity index (χ0) is 11.5. The third kappa shape index (κ3) is 2.71. The van der Waals surface area contributed by atoms with Gasteiger partial charge in [0.25, 0.3) is 0 Å². The molecule has 0 spiro atoms. The summed E-state index contributed by atoms with van der Waals surface area (Å²) in [5.74, 6) is -0.0267. The Bertz CT molecular complexity index is 500. The molecule has 84 valence electrons. The van der Waals surface area contributed by atoms with E-state index in [1.807, 2.05) is 12.3 Å². The van der Waals surface area contributed by atoms with Crippen LogP contribution in [0.15, 0.2) is 23.6 Å². The molecule has 0 bridgehead atoms. The predicted octanol–water partition coefficient (Wildman–Crippen LogP) is 3.82. The minimum atomic E-state index is -0.478. The SMILES string of the molecule is Cc1nc(COc2ccc(Cl)c(F)c2)cs1. The van der Waals surface area contributed by atoms with E-state index in [2.05, 4.69) is 4.98 Å². The van der Waals surface area contributed by atoms with Crippen molar-refractivity contribution in [3.05, 3.63) is 45.1 Å². The highest BCUT2D eigenvalue weighted by Gasteiger charge is 2.03. The summed E-state index contributed by atoms with van der Waals surface area (Å²) in [6.07, 6.45) is 0. The molecule has 0 aliphatic heterocycles. The van der Waals surface area contributed by atoms with Gasteiger partial charge in [-0.1, -0.05) is 11.6 Å². The maximum Gasteiger partial charge on any atom is 0.145 e. The van der Waals surface area contributed by atoms with Gasteiger partial charge in [-0.05, 0) is 19.1 Å². The van der Waals surface area contributed by atoms with E-state index >= 15 is 0 Å². The lowest BCUT2D eigenvalue weighted by atomic mass is 10.3. The first-order chi connectivity index (χ1) is 7.65.